The molecule has 3 aromatic heterocycles. The Kier molecular flexibility index (Phi) is 5.96. The van der Waals surface area contributed by atoms with Crippen LogP contribution in [-0.2, 0) is 39.0 Å². The number of aromatic nitrogens is 7. The number of fused-ring (bicyclic) bond motifs is 2. The maximum atomic E-state index is 9.53. The topological polar surface area (TPSA) is 122 Å². The molecule has 5 rings (SSSR count). The molecule has 0 aromatic carbocycles. The van der Waals surface area contributed by atoms with Gasteiger partial charge < -0.3 is 19.8 Å². The lowest BCUT2D eigenvalue weighted by atomic mass is 10.2. The van der Waals surface area contributed by atoms with Gasteiger partial charge in [0.05, 0.1) is 18.7 Å². The Morgan fingerprint density at radius 1 is 0.781 bits per heavy atom. The molecular formula is C22H28N10. The summed E-state index contributed by atoms with van der Waals surface area (Å²) in [6, 6.07) is 5.83. The summed E-state index contributed by atoms with van der Waals surface area (Å²) in [6.45, 7) is 2.94. The van der Waals surface area contributed by atoms with E-state index < -0.39 is 0 Å². The summed E-state index contributed by atoms with van der Waals surface area (Å²) in [5.41, 5.74) is 0.502. The maximum Gasteiger partial charge on any atom is 0.152 e. The van der Waals surface area contributed by atoms with Gasteiger partial charge in [-0.3, -0.25) is 0 Å². The van der Waals surface area contributed by atoms with Gasteiger partial charge in [-0.1, -0.05) is 12.8 Å². The van der Waals surface area contributed by atoms with Gasteiger partial charge in [0.15, 0.2) is 11.6 Å². The summed E-state index contributed by atoms with van der Waals surface area (Å²) in [6.07, 6.45) is 9.06. The summed E-state index contributed by atoms with van der Waals surface area (Å²) in [5.74, 6) is 5.17. The van der Waals surface area contributed by atoms with Crippen molar-refractivity contribution >= 4 is 11.6 Å². The molecular weight excluding hydrogens is 404 g/mol. The molecule has 0 bridgehead atoms. The van der Waals surface area contributed by atoms with E-state index in [0.29, 0.717) is 30.3 Å². The Labute approximate surface area is 187 Å². The first-order valence-corrected chi connectivity index (χ1v) is 11.5. The van der Waals surface area contributed by atoms with Gasteiger partial charge in [0.25, 0.3) is 0 Å². The van der Waals surface area contributed by atoms with Crippen LogP contribution in [0.2, 0.25) is 0 Å². The molecule has 0 aliphatic carbocycles. The van der Waals surface area contributed by atoms with E-state index in [1.165, 1.54) is 19.3 Å². The summed E-state index contributed by atoms with van der Waals surface area (Å²) < 4.78 is 4.42. The summed E-state index contributed by atoms with van der Waals surface area (Å²) >= 11 is 0. The average molecular weight is 433 g/mol. The highest BCUT2D eigenvalue weighted by atomic mass is 15.3. The number of anilines is 2. The molecule has 0 saturated carbocycles. The monoisotopic (exact) mass is 432 g/mol. The van der Waals surface area contributed by atoms with Crippen LogP contribution in [0.5, 0.6) is 0 Å². The number of hydrogen-bond acceptors (Lipinski definition) is 8. The third kappa shape index (κ3) is 4.28. The first kappa shape index (κ1) is 20.4. The largest absolute Gasteiger partial charge is 0.363 e. The highest BCUT2D eigenvalue weighted by molar-refractivity contribution is 5.56. The zero-order valence-electron chi connectivity index (χ0n) is 18.2. The van der Waals surface area contributed by atoms with Crippen LogP contribution in [0, 0.1) is 11.3 Å². The minimum absolute atomic E-state index is 0.482. The first-order chi connectivity index (χ1) is 15.8. The molecule has 0 atom stereocenters. The Balaban J connectivity index is 1.28. The van der Waals surface area contributed by atoms with E-state index in [9.17, 15) is 5.26 Å². The van der Waals surface area contributed by atoms with Crippen molar-refractivity contribution in [3.05, 3.63) is 41.0 Å². The third-order valence-electron chi connectivity index (χ3n) is 6.23. The van der Waals surface area contributed by atoms with E-state index in [-0.39, 0.29) is 0 Å². The summed E-state index contributed by atoms with van der Waals surface area (Å²) in [7, 11) is 0. The predicted octanol–water partition coefficient (Wildman–Crippen LogP) is 2.81. The highest BCUT2D eigenvalue weighted by Crippen LogP contribution is 2.20. The zero-order chi connectivity index (χ0) is 21.8. The number of hydrogen-bond donors (Lipinski definition) is 2. The third-order valence-corrected chi connectivity index (χ3v) is 6.23. The lowest BCUT2D eigenvalue weighted by Gasteiger charge is -2.12. The highest BCUT2D eigenvalue weighted by Gasteiger charge is 2.17. The smallest absolute Gasteiger partial charge is 0.152 e. The lowest BCUT2D eigenvalue weighted by molar-refractivity contribution is 0.609. The minimum Gasteiger partial charge on any atom is -0.363 e. The fraction of sp³-hybridized carbons (Fsp3) is 0.545. The van der Waals surface area contributed by atoms with Crippen LogP contribution >= 0.6 is 0 Å². The minimum atomic E-state index is 0.482. The van der Waals surface area contributed by atoms with Gasteiger partial charge in [0, 0.05) is 25.9 Å². The summed E-state index contributed by atoms with van der Waals surface area (Å²) in [5, 5.41) is 33.6. The number of pyridine rings is 1. The van der Waals surface area contributed by atoms with Gasteiger partial charge in [0.1, 0.15) is 29.4 Å². The second-order valence-electron chi connectivity index (χ2n) is 8.40. The van der Waals surface area contributed by atoms with Crippen LogP contribution in [0.1, 0.15) is 67.4 Å². The van der Waals surface area contributed by atoms with Gasteiger partial charge in [-0.15, -0.1) is 20.4 Å². The van der Waals surface area contributed by atoms with Crippen LogP contribution in [0.25, 0.3) is 0 Å². The standard InChI is InChI=1S/C22H28N10/c23-13-16-9-10-17(24-14-20-29-27-18-7-3-1-5-11-31(18)20)26-22(16)25-15-21-30-28-19-8-4-2-6-12-32(19)21/h9-10H,1-8,11-12,14-15H2,(H2,24,25,26). The average Bonchev–Trinajstić information content (AvgIpc) is 3.18. The second-order valence-corrected chi connectivity index (χ2v) is 8.40. The van der Waals surface area contributed by atoms with Crippen molar-refractivity contribution in [1.29, 1.82) is 5.26 Å². The van der Waals surface area contributed by atoms with E-state index >= 15 is 0 Å². The van der Waals surface area contributed by atoms with E-state index in [4.69, 9.17) is 0 Å². The normalized spacial score (nSPS) is 15.7. The lowest BCUT2D eigenvalue weighted by Crippen LogP contribution is -2.13. The Hall–Kier alpha value is -3.48. The molecule has 10 heteroatoms. The second kappa shape index (κ2) is 9.34. The predicted molar refractivity (Wildman–Crippen MR) is 119 cm³/mol. The molecule has 0 radical (unpaired) electrons. The number of nitriles is 1. The van der Waals surface area contributed by atoms with Crippen LogP contribution in [-0.4, -0.2) is 34.5 Å². The van der Waals surface area contributed by atoms with E-state index in [1.807, 2.05) is 6.07 Å². The SMILES string of the molecule is N#Cc1ccc(NCc2nnc3n2CCCCC3)nc1NCc1nnc2n1CCCCC2. The molecule has 166 valence electrons. The zero-order valence-corrected chi connectivity index (χ0v) is 18.2. The number of nitrogens with zero attached hydrogens (tertiary/aromatic N) is 8. The molecule has 5 heterocycles. The Morgan fingerprint density at radius 3 is 2.03 bits per heavy atom. The van der Waals surface area contributed by atoms with Gasteiger partial charge >= 0.3 is 0 Å². The van der Waals surface area contributed by atoms with Crippen molar-refractivity contribution in [1.82, 2.24) is 34.5 Å². The quantitative estimate of drug-likeness (QED) is 0.610. The molecule has 0 unspecified atom stereocenters. The van der Waals surface area contributed by atoms with Gasteiger partial charge in [0.2, 0.25) is 0 Å². The molecule has 3 aromatic rings. The van der Waals surface area contributed by atoms with Crippen molar-refractivity contribution in [3.63, 3.8) is 0 Å². The molecule has 0 spiro atoms. The molecule has 0 fully saturated rings. The number of rotatable bonds is 6. The first-order valence-electron chi connectivity index (χ1n) is 11.5. The fourth-order valence-electron chi connectivity index (χ4n) is 4.47. The molecule has 10 nitrogen and oxygen atoms in total. The van der Waals surface area contributed by atoms with Crippen molar-refractivity contribution < 1.29 is 0 Å². The molecule has 2 aliphatic heterocycles. The Bertz CT molecular complexity index is 1120. The fourth-order valence-corrected chi connectivity index (χ4v) is 4.47. The van der Waals surface area contributed by atoms with Crippen LogP contribution in [0.3, 0.4) is 0 Å². The summed E-state index contributed by atoms with van der Waals surface area (Å²) in [4.78, 5) is 4.64. The Morgan fingerprint density at radius 2 is 1.41 bits per heavy atom. The van der Waals surface area contributed by atoms with Gasteiger partial charge in [-0.05, 0) is 37.8 Å². The molecule has 0 saturated heterocycles. The van der Waals surface area contributed by atoms with Crippen molar-refractivity contribution in [2.75, 3.05) is 10.6 Å². The van der Waals surface area contributed by atoms with Gasteiger partial charge in [-0.2, -0.15) is 5.26 Å². The van der Waals surface area contributed by atoms with E-state index in [1.54, 1.807) is 6.07 Å². The van der Waals surface area contributed by atoms with Crippen LogP contribution < -0.4 is 10.6 Å². The molecule has 2 aliphatic rings. The maximum absolute atomic E-state index is 9.53. The van der Waals surface area contributed by atoms with Crippen molar-refractivity contribution in [2.45, 2.75) is 77.5 Å². The van der Waals surface area contributed by atoms with E-state index in [2.05, 4.69) is 51.2 Å². The van der Waals surface area contributed by atoms with Crippen molar-refractivity contribution in [3.8, 4) is 6.07 Å². The van der Waals surface area contributed by atoms with Gasteiger partial charge in [-0.25, -0.2) is 4.98 Å². The molecule has 32 heavy (non-hydrogen) atoms. The van der Waals surface area contributed by atoms with Crippen molar-refractivity contribution in [2.24, 2.45) is 0 Å². The molecule has 2 N–H and O–H groups in total. The van der Waals surface area contributed by atoms with Crippen LogP contribution in [0.4, 0.5) is 11.6 Å². The van der Waals surface area contributed by atoms with Crippen LogP contribution in [0.15, 0.2) is 12.1 Å². The number of nitrogens with one attached hydrogen (secondary N) is 2. The van der Waals surface area contributed by atoms with E-state index in [0.717, 1.165) is 68.5 Å². The molecule has 0 amide bonds. The number of aryl methyl sites for hydroxylation is 2.